The van der Waals surface area contributed by atoms with Crippen LogP contribution in [0, 0.1) is 27.7 Å². The highest BCUT2D eigenvalue weighted by atomic mass is 16.3. The van der Waals surface area contributed by atoms with Crippen LogP contribution in [0.3, 0.4) is 0 Å². The first-order chi connectivity index (χ1) is 28.0. The van der Waals surface area contributed by atoms with Crippen LogP contribution >= 0.6 is 0 Å². The lowest BCUT2D eigenvalue weighted by Crippen LogP contribution is -2.33. The Bertz CT molecular complexity index is 2530. The van der Waals surface area contributed by atoms with Crippen molar-refractivity contribution in [1.82, 2.24) is 0 Å². The molecule has 0 fully saturated rings. The van der Waals surface area contributed by atoms with E-state index in [-0.39, 0.29) is 23.0 Å². The lowest BCUT2D eigenvalue weighted by Gasteiger charge is -2.39. The molecule has 0 spiro atoms. The molecule has 8 aromatic rings. The molecule has 4 N–H and O–H groups in total. The number of phenolic OH excluding ortho intramolecular Hbond substituents is 4. The minimum atomic E-state index is -0.997. The fourth-order valence-electron chi connectivity index (χ4n) is 8.50. The number of hydrogen-bond donors (Lipinski definition) is 4. The second kappa shape index (κ2) is 15.5. The number of benzene rings is 8. The predicted molar refractivity (Wildman–Crippen MR) is 237 cm³/mol. The summed E-state index contributed by atoms with van der Waals surface area (Å²) in [5, 5.41) is 46.8. The van der Waals surface area contributed by atoms with Gasteiger partial charge in [0.1, 0.15) is 23.0 Å². The molecule has 4 heteroatoms. The SMILES string of the molecule is Cc1cc(CC(c2cc(C)c(O)c(-c3ccccc3)c2)(c2cc(C)c(O)c(-c3ccccc3)c2)c2cc(C)c(O)c(-c3ccccc3)c2)cc(-c2ccccc2)c1O. The molecule has 0 atom stereocenters. The minimum absolute atomic E-state index is 0.203. The maximum Gasteiger partial charge on any atom is 0.126 e. The molecule has 0 aromatic heterocycles. The minimum Gasteiger partial charge on any atom is -0.507 e. The Hall–Kier alpha value is -7.04. The van der Waals surface area contributed by atoms with Gasteiger partial charge in [-0.3, -0.25) is 0 Å². The second-order valence-corrected chi connectivity index (χ2v) is 15.4. The van der Waals surface area contributed by atoms with Gasteiger partial charge >= 0.3 is 0 Å². The third-order valence-electron chi connectivity index (χ3n) is 11.5. The Balaban J connectivity index is 1.54. The van der Waals surface area contributed by atoms with Crippen molar-refractivity contribution in [3.05, 3.63) is 214 Å². The van der Waals surface area contributed by atoms with Gasteiger partial charge in [-0.05, 0) is 125 Å². The van der Waals surface area contributed by atoms with Crippen LogP contribution in [-0.2, 0) is 11.8 Å². The van der Waals surface area contributed by atoms with E-state index in [2.05, 4.69) is 48.5 Å². The van der Waals surface area contributed by atoms with Crippen LogP contribution < -0.4 is 0 Å². The van der Waals surface area contributed by atoms with Crippen LogP contribution in [0.15, 0.2) is 170 Å². The van der Waals surface area contributed by atoms with Crippen molar-refractivity contribution < 1.29 is 20.4 Å². The summed E-state index contributed by atoms with van der Waals surface area (Å²) in [7, 11) is 0. The molecule has 0 unspecified atom stereocenters. The molecular formula is C54H46O4. The van der Waals surface area contributed by atoms with Crippen LogP contribution in [-0.4, -0.2) is 20.4 Å². The van der Waals surface area contributed by atoms with E-state index in [1.807, 2.05) is 149 Å². The van der Waals surface area contributed by atoms with Crippen molar-refractivity contribution >= 4 is 0 Å². The zero-order valence-corrected chi connectivity index (χ0v) is 33.2. The first kappa shape index (κ1) is 37.9. The van der Waals surface area contributed by atoms with Gasteiger partial charge in [-0.25, -0.2) is 0 Å². The smallest absolute Gasteiger partial charge is 0.126 e. The van der Waals surface area contributed by atoms with E-state index < -0.39 is 5.41 Å². The van der Waals surface area contributed by atoms with E-state index in [4.69, 9.17) is 0 Å². The summed E-state index contributed by atoms with van der Waals surface area (Å²) in [5.74, 6) is 0.837. The average molecular weight is 759 g/mol. The van der Waals surface area contributed by atoms with E-state index in [0.717, 1.165) is 55.6 Å². The lowest BCUT2D eigenvalue weighted by molar-refractivity contribution is 0.469. The molecular weight excluding hydrogens is 713 g/mol. The van der Waals surface area contributed by atoms with Crippen molar-refractivity contribution in [2.24, 2.45) is 0 Å². The van der Waals surface area contributed by atoms with Crippen LogP contribution in [0.1, 0.15) is 44.5 Å². The molecule has 0 bridgehead atoms. The molecule has 0 saturated carbocycles. The van der Waals surface area contributed by atoms with Gasteiger partial charge in [-0.15, -0.1) is 0 Å². The monoisotopic (exact) mass is 758 g/mol. The molecule has 58 heavy (non-hydrogen) atoms. The molecule has 0 radical (unpaired) electrons. The van der Waals surface area contributed by atoms with Gasteiger partial charge in [0.25, 0.3) is 0 Å². The summed E-state index contributed by atoms with van der Waals surface area (Å²) in [5.41, 5.74) is 12.0. The van der Waals surface area contributed by atoms with Gasteiger partial charge in [0.2, 0.25) is 0 Å². The van der Waals surface area contributed by atoms with Crippen molar-refractivity contribution in [1.29, 1.82) is 0 Å². The predicted octanol–water partition coefficient (Wildman–Crippen LogP) is 13.0. The topological polar surface area (TPSA) is 80.9 Å². The van der Waals surface area contributed by atoms with E-state index in [1.165, 1.54) is 0 Å². The van der Waals surface area contributed by atoms with Gasteiger partial charge in [-0.1, -0.05) is 146 Å². The number of phenols is 4. The Morgan fingerprint density at radius 2 is 0.586 bits per heavy atom. The average Bonchev–Trinajstić information content (AvgIpc) is 3.25. The molecule has 8 aromatic carbocycles. The van der Waals surface area contributed by atoms with Crippen molar-refractivity contribution in [2.45, 2.75) is 39.5 Å². The Kier molecular flexibility index (Phi) is 10.1. The molecule has 0 heterocycles. The summed E-state index contributed by atoms with van der Waals surface area (Å²) in [6.07, 6.45) is 0.420. The van der Waals surface area contributed by atoms with E-state index in [9.17, 15) is 20.4 Å². The number of rotatable bonds is 9. The molecule has 0 aliphatic carbocycles. The fourth-order valence-corrected chi connectivity index (χ4v) is 8.50. The maximum atomic E-state index is 11.8. The standard InChI is InChI=1S/C54H46O4/c1-34-25-38(29-46(50(34)55)39-17-9-5-10-18-39)33-54(43-26-35(2)51(56)47(30-43)40-19-11-6-12-20-40,44-27-36(3)52(57)48(31-44)41-21-13-7-14-22-41)45-28-37(4)53(58)49(32-45)42-23-15-8-16-24-42/h5-32,55-58H,33H2,1-4H3. The highest BCUT2D eigenvalue weighted by Gasteiger charge is 2.40. The van der Waals surface area contributed by atoms with Crippen LogP contribution in [0.4, 0.5) is 0 Å². The maximum absolute atomic E-state index is 11.8. The number of aromatic hydroxyl groups is 4. The van der Waals surface area contributed by atoms with Crippen molar-refractivity contribution in [3.8, 4) is 67.5 Å². The molecule has 0 amide bonds. The lowest BCUT2D eigenvalue weighted by atomic mass is 9.64. The Morgan fingerprint density at radius 1 is 0.328 bits per heavy atom. The third kappa shape index (κ3) is 6.88. The molecule has 0 aliphatic rings. The number of aryl methyl sites for hydroxylation is 4. The summed E-state index contributed by atoms with van der Waals surface area (Å²) >= 11 is 0. The van der Waals surface area contributed by atoms with Crippen LogP contribution in [0.2, 0.25) is 0 Å². The first-order valence-electron chi connectivity index (χ1n) is 19.6. The second-order valence-electron chi connectivity index (χ2n) is 15.4. The van der Waals surface area contributed by atoms with Gasteiger partial charge < -0.3 is 20.4 Å². The van der Waals surface area contributed by atoms with Crippen LogP contribution in [0.25, 0.3) is 44.5 Å². The van der Waals surface area contributed by atoms with Gasteiger partial charge in [0.15, 0.2) is 0 Å². The van der Waals surface area contributed by atoms with E-state index in [0.29, 0.717) is 39.8 Å². The highest BCUT2D eigenvalue weighted by molar-refractivity contribution is 5.80. The largest absolute Gasteiger partial charge is 0.507 e. The van der Waals surface area contributed by atoms with Gasteiger partial charge in [-0.2, -0.15) is 0 Å². The zero-order chi connectivity index (χ0) is 40.6. The summed E-state index contributed by atoms with van der Waals surface area (Å²) < 4.78 is 0. The fraction of sp³-hybridized carbons (Fsp3) is 0.111. The summed E-state index contributed by atoms with van der Waals surface area (Å²) in [6.45, 7) is 7.73. The summed E-state index contributed by atoms with van der Waals surface area (Å²) in [6, 6.07) is 56.3. The van der Waals surface area contributed by atoms with E-state index >= 15 is 0 Å². The third-order valence-corrected chi connectivity index (χ3v) is 11.5. The quantitative estimate of drug-likeness (QED) is 0.111. The van der Waals surface area contributed by atoms with Gasteiger partial charge in [0.05, 0.1) is 0 Å². The zero-order valence-electron chi connectivity index (χ0n) is 33.2. The molecule has 0 aliphatic heterocycles. The number of hydrogen-bond acceptors (Lipinski definition) is 4. The normalized spacial score (nSPS) is 11.4. The van der Waals surface area contributed by atoms with E-state index in [1.54, 1.807) is 0 Å². The summed E-state index contributed by atoms with van der Waals surface area (Å²) in [4.78, 5) is 0. The highest BCUT2D eigenvalue weighted by Crippen LogP contribution is 2.51. The molecule has 286 valence electrons. The Morgan fingerprint density at radius 3 is 0.879 bits per heavy atom. The molecule has 0 saturated heterocycles. The van der Waals surface area contributed by atoms with Crippen LogP contribution in [0.5, 0.6) is 23.0 Å². The van der Waals surface area contributed by atoms with Crippen molar-refractivity contribution in [3.63, 3.8) is 0 Å². The first-order valence-corrected chi connectivity index (χ1v) is 19.6. The molecule has 8 rings (SSSR count). The Labute approximate surface area is 340 Å². The van der Waals surface area contributed by atoms with Gasteiger partial charge in [0, 0.05) is 27.7 Å². The van der Waals surface area contributed by atoms with Crippen molar-refractivity contribution in [2.75, 3.05) is 0 Å². The molecule has 4 nitrogen and oxygen atoms in total.